The summed E-state index contributed by atoms with van der Waals surface area (Å²) in [6.45, 7) is 9.65. The highest BCUT2D eigenvalue weighted by atomic mass is 79.9. The van der Waals surface area contributed by atoms with Crippen molar-refractivity contribution in [2.45, 2.75) is 26.3 Å². The van der Waals surface area contributed by atoms with Crippen LogP contribution in [-0.4, -0.2) is 24.0 Å². The van der Waals surface area contributed by atoms with Gasteiger partial charge in [0.1, 0.15) is 0 Å². The number of rotatable bonds is 5. The summed E-state index contributed by atoms with van der Waals surface area (Å²) in [5, 5.41) is 8.42. The van der Waals surface area contributed by atoms with Gasteiger partial charge in [-0.15, -0.1) is 0 Å². The first-order valence-corrected chi connectivity index (χ1v) is 4.81. The summed E-state index contributed by atoms with van der Waals surface area (Å²) in [5.41, 5.74) is 0. The summed E-state index contributed by atoms with van der Waals surface area (Å²) in [7, 11) is 0. The van der Waals surface area contributed by atoms with Crippen LogP contribution in [0.4, 0.5) is 0 Å². The SMILES string of the molecule is C=C(Br)CN(CCC#N)C(C)C. The van der Waals surface area contributed by atoms with Gasteiger partial charge in [0, 0.05) is 30.0 Å². The van der Waals surface area contributed by atoms with Crippen LogP contribution >= 0.6 is 15.9 Å². The fraction of sp³-hybridized carbons (Fsp3) is 0.667. The minimum absolute atomic E-state index is 0.465. The number of hydrogen-bond acceptors (Lipinski definition) is 2. The largest absolute Gasteiger partial charge is 0.295 e. The molecule has 0 bridgehead atoms. The number of halogens is 1. The molecule has 68 valence electrons. The molecule has 0 saturated heterocycles. The van der Waals surface area contributed by atoms with Crippen molar-refractivity contribution < 1.29 is 0 Å². The maximum Gasteiger partial charge on any atom is 0.0635 e. The highest BCUT2D eigenvalue weighted by molar-refractivity contribution is 9.11. The second kappa shape index (κ2) is 6.22. The fourth-order valence-corrected chi connectivity index (χ4v) is 1.26. The van der Waals surface area contributed by atoms with E-state index >= 15 is 0 Å². The van der Waals surface area contributed by atoms with Gasteiger partial charge in [-0.1, -0.05) is 22.5 Å². The van der Waals surface area contributed by atoms with Gasteiger partial charge in [0.2, 0.25) is 0 Å². The molecule has 2 nitrogen and oxygen atoms in total. The lowest BCUT2D eigenvalue weighted by Crippen LogP contribution is -2.32. The molecule has 0 aliphatic heterocycles. The molecule has 0 amide bonds. The molecule has 3 heteroatoms. The van der Waals surface area contributed by atoms with Crippen LogP contribution in [0.1, 0.15) is 20.3 Å². The van der Waals surface area contributed by atoms with Gasteiger partial charge in [-0.25, -0.2) is 0 Å². The maximum absolute atomic E-state index is 8.42. The van der Waals surface area contributed by atoms with Crippen LogP contribution in [0.2, 0.25) is 0 Å². The molecule has 0 spiro atoms. The fourth-order valence-electron chi connectivity index (χ4n) is 0.934. The molecule has 0 aromatic rings. The van der Waals surface area contributed by atoms with Gasteiger partial charge < -0.3 is 0 Å². The molecule has 0 aromatic heterocycles. The Morgan fingerprint density at radius 1 is 1.67 bits per heavy atom. The molecule has 0 fully saturated rings. The Morgan fingerprint density at radius 2 is 2.25 bits per heavy atom. The molecule has 0 heterocycles. The van der Waals surface area contributed by atoms with Gasteiger partial charge in [-0.05, 0) is 13.8 Å². The van der Waals surface area contributed by atoms with Crippen molar-refractivity contribution in [1.82, 2.24) is 4.90 Å². The molecule has 0 N–H and O–H groups in total. The third kappa shape index (κ3) is 5.34. The minimum Gasteiger partial charge on any atom is -0.295 e. The third-order valence-electron chi connectivity index (χ3n) is 1.62. The standard InChI is InChI=1S/C9H15BrN2/c1-8(2)12(6-4-5-11)7-9(3)10/h8H,3-4,6-7H2,1-2H3. The average molecular weight is 231 g/mol. The molecule has 0 radical (unpaired) electrons. The second-order valence-electron chi connectivity index (χ2n) is 2.99. The van der Waals surface area contributed by atoms with E-state index in [1.54, 1.807) is 0 Å². The first-order chi connectivity index (χ1) is 5.57. The predicted molar refractivity (Wildman–Crippen MR) is 55.0 cm³/mol. The summed E-state index contributed by atoms with van der Waals surface area (Å²) < 4.78 is 0.967. The van der Waals surface area contributed by atoms with Crippen molar-refractivity contribution in [2.75, 3.05) is 13.1 Å². The van der Waals surface area contributed by atoms with Crippen LogP contribution in [0.5, 0.6) is 0 Å². The van der Waals surface area contributed by atoms with E-state index in [4.69, 9.17) is 5.26 Å². The van der Waals surface area contributed by atoms with Crippen LogP contribution in [0.25, 0.3) is 0 Å². The first kappa shape index (κ1) is 11.7. The van der Waals surface area contributed by atoms with Gasteiger partial charge >= 0.3 is 0 Å². The van der Waals surface area contributed by atoms with Gasteiger partial charge in [0.15, 0.2) is 0 Å². The van der Waals surface area contributed by atoms with Crippen molar-refractivity contribution in [3.63, 3.8) is 0 Å². The molecule has 0 saturated carbocycles. The Hall–Kier alpha value is -0.330. The highest BCUT2D eigenvalue weighted by Crippen LogP contribution is 2.07. The third-order valence-corrected chi connectivity index (χ3v) is 1.87. The van der Waals surface area contributed by atoms with E-state index in [1.807, 2.05) is 0 Å². The minimum atomic E-state index is 0.465. The van der Waals surface area contributed by atoms with Gasteiger partial charge in [-0.2, -0.15) is 5.26 Å². The van der Waals surface area contributed by atoms with E-state index in [0.29, 0.717) is 12.5 Å². The average Bonchev–Trinajstić information content (AvgIpc) is 1.96. The van der Waals surface area contributed by atoms with E-state index in [2.05, 4.69) is 47.3 Å². The molecular weight excluding hydrogens is 216 g/mol. The molecule has 12 heavy (non-hydrogen) atoms. The highest BCUT2D eigenvalue weighted by Gasteiger charge is 2.08. The zero-order valence-electron chi connectivity index (χ0n) is 7.68. The molecular formula is C9H15BrN2. The van der Waals surface area contributed by atoms with Crippen molar-refractivity contribution >= 4 is 15.9 Å². The molecule has 0 rings (SSSR count). The lowest BCUT2D eigenvalue weighted by Gasteiger charge is -2.24. The zero-order chi connectivity index (χ0) is 9.56. The second-order valence-corrected chi connectivity index (χ2v) is 4.11. The quantitative estimate of drug-likeness (QED) is 0.726. The van der Waals surface area contributed by atoms with Crippen LogP contribution in [0, 0.1) is 11.3 Å². The zero-order valence-corrected chi connectivity index (χ0v) is 9.26. The molecule has 0 aliphatic rings. The van der Waals surface area contributed by atoms with E-state index < -0.39 is 0 Å². The van der Waals surface area contributed by atoms with Gasteiger partial charge in [0.05, 0.1) is 6.07 Å². The normalized spacial score (nSPS) is 10.3. The van der Waals surface area contributed by atoms with Crippen LogP contribution in [0.15, 0.2) is 11.1 Å². The Balaban J connectivity index is 3.88. The predicted octanol–water partition coefficient (Wildman–Crippen LogP) is 2.52. The lowest BCUT2D eigenvalue weighted by molar-refractivity contribution is 0.250. The monoisotopic (exact) mass is 230 g/mol. The van der Waals surface area contributed by atoms with Gasteiger partial charge in [0.25, 0.3) is 0 Å². The number of hydrogen-bond donors (Lipinski definition) is 0. The summed E-state index contributed by atoms with van der Waals surface area (Å²) in [4.78, 5) is 2.21. The molecule has 0 aliphatic carbocycles. The smallest absolute Gasteiger partial charge is 0.0635 e. The Morgan fingerprint density at radius 3 is 2.58 bits per heavy atom. The number of nitrogens with zero attached hydrogens (tertiary/aromatic N) is 2. The maximum atomic E-state index is 8.42. The molecule has 0 aromatic carbocycles. The first-order valence-electron chi connectivity index (χ1n) is 4.02. The van der Waals surface area contributed by atoms with Crippen LogP contribution in [0.3, 0.4) is 0 Å². The molecule has 0 unspecified atom stereocenters. The van der Waals surface area contributed by atoms with E-state index in [0.717, 1.165) is 17.6 Å². The van der Waals surface area contributed by atoms with E-state index in [-0.39, 0.29) is 0 Å². The Bertz CT molecular complexity index is 181. The van der Waals surface area contributed by atoms with Crippen molar-refractivity contribution in [1.29, 1.82) is 5.26 Å². The summed E-state index contributed by atoms with van der Waals surface area (Å²) in [6.07, 6.45) is 0.582. The number of nitriles is 1. The topological polar surface area (TPSA) is 27.0 Å². The van der Waals surface area contributed by atoms with Crippen LogP contribution < -0.4 is 0 Å². The molecule has 0 atom stereocenters. The lowest BCUT2D eigenvalue weighted by atomic mass is 10.3. The van der Waals surface area contributed by atoms with Gasteiger partial charge in [-0.3, -0.25) is 4.90 Å². The summed E-state index contributed by atoms with van der Waals surface area (Å²) in [5.74, 6) is 0. The Kier molecular flexibility index (Phi) is 6.04. The van der Waals surface area contributed by atoms with E-state index in [1.165, 1.54) is 0 Å². The van der Waals surface area contributed by atoms with Crippen LogP contribution in [-0.2, 0) is 0 Å². The van der Waals surface area contributed by atoms with E-state index in [9.17, 15) is 0 Å². The Labute approximate surface area is 83.0 Å². The van der Waals surface area contributed by atoms with Crippen molar-refractivity contribution in [3.05, 3.63) is 11.1 Å². The summed E-state index contributed by atoms with van der Waals surface area (Å²) >= 11 is 3.32. The van der Waals surface area contributed by atoms with Crippen molar-refractivity contribution in [3.8, 4) is 6.07 Å². The van der Waals surface area contributed by atoms with Crippen molar-refractivity contribution in [2.24, 2.45) is 0 Å². The summed E-state index contributed by atoms with van der Waals surface area (Å²) in [6, 6.07) is 2.61.